The molecule has 0 aliphatic rings. The normalized spacial score (nSPS) is 9.77. The Kier molecular flexibility index (Phi) is 2.67. The highest BCUT2D eigenvalue weighted by atomic mass is 35.5. The number of carbonyl (C=O) groups is 1. The second-order valence-corrected chi connectivity index (χ2v) is 2.70. The van der Waals surface area contributed by atoms with Crippen molar-refractivity contribution < 1.29 is 14.3 Å². The Hall–Kier alpha value is -1.36. The Morgan fingerprint density at radius 1 is 1.77 bits per heavy atom. The third kappa shape index (κ3) is 1.86. The first-order valence-corrected chi connectivity index (χ1v) is 3.78. The summed E-state index contributed by atoms with van der Waals surface area (Å²) in [4.78, 5) is 14.8. The number of esters is 1. The van der Waals surface area contributed by atoms with Crippen LogP contribution < -0.4 is 4.73 Å². The lowest BCUT2D eigenvalue weighted by Crippen LogP contribution is -2.36. The second kappa shape index (κ2) is 3.57. The molecule has 1 aromatic rings. The zero-order chi connectivity index (χ0) is 10.0. The Bertz CT molecular complexity index is 331. The van der Waals surface area contributed by atoms with Crippen molar-refractivity contribution in [1.29, 1.82) is 0 Å². The van der Waals surface area contributed by atoms with E-state index >= 15 is 0 Å². The molecule has 6 heteroatoms. The largest absolute Gasteiger partial charge is 0.618 e. The van der Waals surface area contributed by atoms with Crippen molar-refractivity contribution in [2.75, 3.05) is 7.11 Å². The molecular weight excluding hydrogens is 196 g/mol. The van der Waals surface area contributed by atoms with E-state index in [-0.39, 0.29) is 16.5 Å². The van der Waals surface area contributed by atoms with E-state index in [1.54, 1.807) is 0 Å². The van der Waals surface area contributed by atoms with Crippen LogP contribution >= 0.6 is 11.6 Å². The fourth-order valence-corrected chi connectivity index (χ4v) is 1.11. The zero-order valence-electron chi connectivity index (χ0n) is 7.07. The standard InChI is InChI=1S/C7H7ClN2O3/c1-4-6(7(11)13-2)10(12)3-5(8)9-4/h3H,1-2H3. The molecule has 0 bridgehead atoms. The number of halogens is 1. The van der Waals surface area contributed by atoms with E-state index in [1.807, 2.05) is 0 Å². The maximum Gasteiger partial charge on any atom is 0.406 e. The molecule has 1 rings (SSSR count). The molecule has 13 heavy (non-hydrogen) atoms. The van der Waals surface area contributed by atoms with Gasteiger partial charge in [-0.15, -0.1) is 0 Å². The number of methoxy groups -OCH3 is 1. The van der Waals surface area contributed by atoms with Gasteiger partial charge in [0.15, 0.2) is 5.15 Å². The summed E-state index contributed by atoms with van der Waals surface area (Å²) >= 11 is 5.49. The first kappa shape index (κ1) is 9.73. The van der Waals surface area contributed by atoms with Gasteiger partial charge in [-0.05, 0) is 6.92 Å². The van der Waals surface area contributed by atoms with Crippen LogP contribution in [0.4, 0.5) is 0 Å². The lowest BCUT2D eigenvalue weighted by molar-refractivity contribution is -0.609. The molecule has 0 amide bonds. The monoisotopic (exact) mass is 202 g/mol. The molecule has 0 atom stereocenters. The Morgan fingerprint density at radius 2 is 2.38 bits per heavy atom. The Morgan fingerprint density at radius 3 is 2.85 bits per heavy atom. The Balaban J connectivity index is 3.28. The van der Waals surface area contributed by atoms with Crippen molar-refractivity contribution in [2.45, 2.75) is 6.92 Å². The first-order valence-electron chi connectivity index (χ1n) is 3.41. The van der Waals surface area contributed by atoms with E-state index in [0.29, 0.717) is 4.73 Å². The van der Waals surface area contributed by atoms with Crippen LogP contribution in [0.1, 0.15) is 16.2 Å². The lowest BCUT2D eigenvalue weighted by atomic mass is 10.3. The van der Waals surface area contributed by atoms with Crippen LogP contribution in [-0.4, -0.2) is 18.1 Å². The summed E-state index contributed by atoms with van der Waals surface area (Å²) in [6, 6.07) is 0. The molecule has 1 heterocycles. The van der Waals surface area contributed by atoms with Gasteiger partial charge in [-0.1, -0.05) is 11.6 Å². The molecule has 5 nitrogen and oxygen atoms in total. The minimum absolute atomic E-state index is 0.0418. The highest BCUT2D eigenvalue weighted by Gasteiger charge is 2.22. The minimum Gasteiger partial charge on any atom is -0.618 e. The van der Waals surface area contributed by atoms with Gasteiger partial charge in [0, 0.05) is 0 Å². The molecule has 0 saturated carbocycles. The smallest absolute Gasteiger partial charge is 0.406 e. The summed E-state index contributed by atoms with van der Waals surface area (Å²) in [5.74, 6) is -0.725. The van der Waals surface area contributed by atoms with Gasteiger partial charge in [0.2, 0.25) is 6.20 Å². The van der Waals surface area contributed by atoms with E-state index in [2.05, 4.69) is 9.72 Å². The maximum atomic E-state index is 11.2. The van der Waals surface area contributed by atoms with Crippen LogP contribution in [-0.2, 0) is 4.74 Å². The number of hydrogen-bond donors (Lipinski definition) is 0. The average Bonchev–Trinajstić information content (AvgIpc) is 2.02. The van der Waals surface area contributed by atoms with Crippen molar-refractivity contribution in [3.8, 4) is 0 Å². The maximum absolute atomic E-state index is 11.2. The quantitative estimate of drug-likeness (QED) is 0.377. The predicted molar refractivity (Wildman–Crippen MR) is 44.3 cm³/mol. The fraction of sp³-hybridized carbons (Fsp3) is 0.286. The minimum atomic E-state index is -0.725. The molecule has 1 aromatic heterocycles. The molecular formula is C7H7ClN2O3. The van der Waals surface area contributed by atoms with Crippen molar-refractivity contribution in [1.82, 2.24) is 4.98 Å². The highest BCUT2D eigenvalue weighted by Crippen LogP contribution is 2.06. The van der Waals surface area contributed by atoms with Gasteiger partial charge < -0.3 is 9.94 Å². The fourth-order valence-electron chi connectivity index (χ4n) is 0.897. The van der Waals surface area contributed by atoms with Gasteiger partial charge in [-0.3, -0.25) is 0 Å². The van der Waals surface area contributed by atoms with Crippen LogP contribution in [0.5, 0.6) is 0 Å². The summed E-state index contributed by atoms with van der Waals surface area (Å²) in [5, 5.41) is 11.2. The van der Waals surface area contributed by atoms with Crippen molar-refractivity contribution in [3.05, 3.63) is 27.9 Å². The predicted octanol–water partition coefficient (Wildman–Crippen LogP) is 0.463. The number of carbonyl (C=O) groups excluding carboxylic acids is 1. The number of nitrogens with zero attached hydrogens (tertiary/aromatic N) is 2. The van der Waals surface area contributed by atoms with E-state index in [1.165, 1.54) is 14.0 Å². The zero-order valence-corrected chi connectivity index (χ0v) is 7.83. The molecule has 0 spiro atoms. The van der Waals surface area contributed by atoms with Crippen molar-refractivity contribution in [3.63, 3.8) is 0 Å². The van der Waals surface area contributed by atoms with E-state index in [0.717, 1.165) is 6.20 Å². The SMILES string of the molecule is COC(=O)c1c(C)nc(Cl)c[n+]1[O-]. The van der Waals surface area contributed by atoms with Crippen LogP contribution in [0, 0.1) is 12.1 Å². The van der Waals surface area contributed by atoms with Crippen molar-refractivity contribution >= 4 is 17.6 Å². The summed E-state index contributed by atoms with van der Waals surface area (Å²) < 4.78 is 4.74. The average molecular weight is 203 g/mol. The van der Waals surface area contributed by atoms with E-state index in [9.17, 15) is 10.0 Å². The number of aryl methyl sites for hydroxylation is 1. The summed E-state index contributed by atoms with van der Waals surface area (Å²) in [7, 11) is 1.19. The molecule has 0 saturated heterocycles. The third-order valence-corrected chi connectivity index (χ3v) is 1.62. The van der Waals surface area contributed by atoms with Gasteiger partial charge in [0.05, 0.1) is 7.11 Å². The summed E-state index contributed by atoms with van der Waals surface area (Å²) in [5.41, 5.74) is 0.0984. The van der Waals surface area contributed by atoms with Crippen LogP contribution in [0.2, 0.25) is 5.15 Å². The second-order valence-electron chi connectivity index (χ2n) is 2.32. The van der Waals surface area contributed by atoms with E-state index in [4.69, 9.17) is 11.6 Å². The first-order chi connectivity index (χ1) is 6.06. The molecule has 0 N–H and O–H groups in total. The number of rotatable bonds is 1. The van der Waals surface area contributed by atoms with Gasteiger partial charge in [0.1, 0.15) is 5.69 Å². The van der Waals surface area contributed by atoms with Gasteiger partial charge in [0.25, 0.3) is 0 Å². The topological polar surface area (TPSA) is 66.1 Å². The van der Waals surface area contributed by atoms with Crippen molar-refractivity contribution in [2.24, 2.45) is 0 Å². The number of ether oxygens (including phenoxy) is 1. The van der Waals surface area contributed by atoms with Crippen LogP contribution in [0.3, 0.4) is 0 Å². The highest BCUT2D eigenvalue weighted by molar-refractivity contribution is 6.29. The number of hydrogen-bond acceptors (Lipinski definition) is 4. The van der Waals surface area contributed by atoms with E-state index < -0.39 is 5.97 Å². The summed E-state index contributed by atoms with van der Waals surface area (Å²) in [6.07, 6.45) is 1.00. The molecule has 0 aromatic carbocycles. The summed E-state index contributed by atoms with van der Waals surface area (Å²) in [6.45, 7) is 1.51. The third-order valence-electron chi connectivity index (χ3n) is 1.44. The lowest BCUT2D eigenvalue weighted by Gasteiger charge is -2.04. The molecule has 0 unspecified atom stereocenters. The Labute approximate surface area is 79.5 Å². The van der Waals surface area contributed by atoms with Crippen LogP contribution in [0.25, 0.3) is 0 Å². The molecule has 70 valence electrons. The molecule has 0 aliphatic carbocycles. The molecule has 0 fully saturated rings. The van der Waals surface area contributed by atoms with Gasteiger partial charge in [-0.25, -0.2) is 9.78 Å². The molecule has 0 aliphatic heterocycles. The molecule has 0 radical (unpaired) electrons. The number of aromatic nitrogens is 2. The van der Waals surface area contributed by atoms with Gasteiger partial charge >= 0.3 is 11.7 Å². The van der Waals surface area contributed by atoms with Crippen LogP contribution in [0.15, 0.2) is 6.20 Å². The van der Waals surface area contributed by atoms with Gasteiger partial charge in [-0.2, -0.15) is 4.73 Å².